The standard InChI is InChI=1S/C5H9BrO3/c6-2-4(3-7)1-5(8)9/h4,7H,1-3H2,(H,8,9)/t4-/m1/s1. The smallest absolute Gasteiger partial charge is 0.303 e. The molecule has 0 unspecified atom stereocenters. The van der Waals surface area contributed by atoms with E-state index in [2.05, 4.69) is 15.9 Å². The number of aliphatic hydroxyl groups excluding tert-OH is 1. The first kappa shape index (κ1) is 8.91. The molecule has 0 fully saturated rings. The van der Waals surface area contributed by atoms with Gasteiger partial charge in [-0.25, -0.2) is 0 Å². The topological polar surface area (TPSA) is 57.5 Å². The number of aliphatic carboxylic acids is 1. The second-order valence-electron chi connectivity index (χ2n) is 1.80. The lowest BCUT2D eigenvalue weighted by molar-refractivity contribution is -0.138. The van der Waals surface area contributed by atoms with E-state index in [1.165, 1.54) is 0 Å². The van der Waals surface area contributed by atoms with Gasteiger partial charge in [-0.3, -0.25) is 4.79 Å². The molecule has 0 radical (unpaired) electrons. The van der Waals surface area contributed by atoms with E-state index in [1.54, 1.807) is 0 Å². The maximum atomic E-state index is 10.00. The Labute approximate surface area is 61.8 Å². The lowest BCUT2D eigenvalue weighted by Gasteiger charge is -2.04. The molecule has 0 heterocycles. The molecule has 0 aliphatic heterocycles. The molecule has 0 bridgehead atoms. The van der Waals surface area contributed by atoms with E-state index in [9.17, 15) is 4.79 Å². The van der Waals surface area contributed by atoms with Crippen molar-refractivity contribution in [3.05, 3.63) is 0 Å². The number of carboxylic acid groups (broad SMARTS) is 1. The van der Waals surface area contributed by atoms with Gasteiger partial charge in [0.25, 0.3) is 0 Å². The van der Waals surface area contributed by atoms with Gasteiger partial charge in [-0.05, 0) is 0 Å². The fourth-order valence-electron chi connectivity index (χ4n) is 0.415. The molecule has 9 heavy (non-hydrogen) atoms. The first-order valence-corrected chi connectivity index (χ1v) is 3.71. The molecule has 0 saturated carbocycles. The predicted octanol–water partition coefficient (Wildman–Crippen LogP) is 0.465. The van der Waals surface area contributed by atoms with Gasteiger partial charge in [0, 0.05) is 17.9 Å². The van der Waals surface area contributed by atoms with Crippen LogP contribution in [0.5, 0.6) is 0 Å². The summed E-state index contributed by atoms with van der Waals surface area (Å²) in [5.41, 5.74) is 0. The van der Waals surface area contributed by atoms with Crippen LogP contribution in [0.25, 0.3) is 0 Å². The largest absolute Gasteiger partial charge is 0.481 e. The Bertz CT molecular complexity index is 90.2. The van der Waals surface area contributed by atoms with Crippen LogP contribution in [0.3, 0.4) is 0 Å². The van der Waals surface area contributed by atoms with Crippen molar-refractivity contribution in [3.8, 4) is 0 Å². The van der Waals surface area contributed by atoms with E-state index in [1.807, 2.05) is 0 Å². The molecule has 3 nitrogen and oxygen atoms in total. The van der Waals surface area contributed by atoms with Crippen molar-refractivity contribution in [3.63, 3.8) is 0 Å². The third kappa shape index (κ3) is 4.42. The van der Waals surface area contributed by atoms with E-state index in [0.29, 0.717) is 5.33 Å². The molecule has 1 atom stereocenters. The first-order chi connectivity index (χ1) is 4.20. The van der Waals surface area contributed by atoms with E-state index in [-0.39, 0.29) is 18.9 Å². The number of alkyl halides is 1. The molecular formula is C5H9BrO3. The molecule has 0 amide bonds. The monoisotopic (exact) mass is 196 g/mol. The molecule has 0 aromatic rings. The molecule has 0 aliphatic rings. The van der Waals surface area contributed by atoms with Crippen molar-refractivity contribution < 1.29 is 15.0 Å². The third-order valence-corrected chi connectivity index (χ3v) is 1.86. The molecule has 0 aliphatic carbocycles. The van der Waals surface area contributed by atoms with Crippen molar-refractivity contribution in [1.82, 2.24) is 0 Å². The highest BCUT2D eigenvalue weighted by molar-refractivity contribution is 9.09. The molecular weight excluding hydrogens is 188 g/mol. The minimum absolute atomic E-state index is 0.0295. The summed E-state index contributed by atoms with van der Waals surface area (Å²) in [5.74, 6) is -1.02. The zero-order valence-electron chi connectivity index (χ0n) is 4.88. The van der Waals surface area contributed by atoms with Gasteiger partial charge in [-0.2, -0.15) is 0 Å². The minimum Gasteiger partial charge on any atom is -0.481 e. The van der Waals surface area contributed by atoms with E-state index < -0.39 is 5.97 Å². The summed E-state index contributed by atoms with van der Waals surface area (Å²) in [7, 11) is 0. The van der Waals surface area contributed by atoms with Crippen molar-refractivity contribution in [2.45, 2.75) is 6.42 Å². The summed E-state index contributed by atoms with van der Waals surface area (Å²) in [4.78, 5) is 10.00. The first-order valence-electron chi connectivity index (χ1n) is 2.59. The number of hydrogen-bond donors (Lipinski definition) is 2. The quantitative estimate of drug-likeness (QED) is 0.643. The Hall–Kier alpha value is -0.0900. The molecule has 54 valence electrons. The lowest BCUT2D eigenvalue weighted by Crippen LogP contribution is -2.12. The van der Waals surface area contributed by atoms with Crippen LogP contribution >= 0.6 is 15.9 Å². The number of hydrogen-bond acceptors (Lipinski definition) is 2. The van der Waals surface area contributed by atoms with Gasteiger partial charge < -0.3 is 10.2 Å². The van der Waals surface area contributed by atoms with Gasteiger partial charge in [0.15, 0.2) is 0 Å². The highest BCUT2D eigenvalue weighted by Gasteiger charge is 2.09. The molecule has 0 aromatic heterocycles. The number of carboxylic acids is 1. The van der Waals surface area contributed by atoms with Crippen LogP contribution in [0.4, 0.5) is 0 Å². The Morgan fingerprint density at radius 3 is 2.33 bits per heavy atom. The summed E-state index contributed by atoms with van der Waals surface area (Å²) >= 11 is 3.08. The summed E-state index contributed by atoms with van der Waals surface area (Å²) in [6.07, 6.45) is 0.0295. The van der Waals surface area contributed by atoms with Gasteiger partial charge >= 0.3 is 5.97 Å². The maximum Gasteiger partial charge on any atom is 0.303 e. The highest BCUT2D eigenvalue weighted by Crippen LogP contribution is 2.04. The molecule has 0 spiro atoms. The fourth-order valence-corrected chi connectivity index (χ4v) is 0.849. The summed E-state index contributed by atoms with van der Waals surface area (Å²) in [6.45, 7) is -0.0719. The van der Waals surface area contributed by atoms with Gasteiger partial charge in [0.1, 0.15) is 0 Å². The van der Waals surface area contributed by atoms with Gasteiger partial charge in [-0.15, -0.1) is 0 Å². The fraction of sp³-hybridized carbons (Fsp3) is 0.800. The van der Waals surface area contributed by atoms with Crippen LogP contribution in [0, 0.1) is 5.92 Å². The van der Waals surface area contributed by atoms with Crippen LogP contribution < -0.4 is 0 Å². The van der Waals surface area contributed by atoms with Crippen LogP contribution in [0.1, 0.15) is 6.42 Å². The van der Waals surface area contributed by atoms with Crippen LogP contribution in [-0.2, 0) is 4.79 Å². The Kier molecular flexibility index (Phi) is 4.71. The van der Waals surface area contributed by atoms with E-state index in [4.69, 9.17) is 10.2 Å². The summed E-state index contributed by atoms with van der Waals surface area (Å²) < 4.78 is 0. The van der Waals surface area contributed by atoms with Crippen LogP contribution in [0.2, 0.25) is 0 Å². The number of aliphatic hydroxyl groups is 1. The molecule has 0 aromatic carbocycles. The summed E-state index contributed by atoms with van der Waals surface area (Å²) in [5, 5.41) is 17.2. The highest BCUT2D eigenvalue weighted by atomic mass is 79.9. The normalized spacial score (nSPS) is 13.1. The average molecular weight is 197 g/mol. The van der Waals surface area contributed by atoms with E-state index >= 15 is 0 Å². The van der Waals surface area contributed by atoms with Gasteiger partial charge in [0.2, 0.25) is 0 Å². The zero-order valence-corrected chi connectivity index (χ0v) is 6.47. The second kappa shape index (κ2) is 4.76. The minimum atomic E-state index is -0.867. The Balaban J connectivity index is 3.43. The summed E-state index contributed by atoms with van der Waals surface area (Å²) in [6, 6.07) is 0. The van der Waals surface area contributed by atoms with Crippen LogP contribution in [-0.4, -0.2) is 28.1 Å². The number of carbonyl (C=O) groups is 1. The second-order valence-corrected chi connectivity index (χ2v) is 2.45. The van der Waals surface area contributed by atoms with Crippen LogP contribution in [0.15, 0.2) is 0 Å². The third-order valence-electron chi connectivity index (χ3n) is 0.940. The Morgan fingerprint density at radius 1 is 1.67 bits per heavy atom. The van der Waals surface area contributed by atoms with Crippen molar-refractivity contribution in [2.24, 2.45) is 5.92 Å². The Morgan fingerprint density at radius 2 is 2.22 bits per heavy atom. The molecule has 0 saturated heterocycles. The van der Waals surface area contributed by atoms with Crippen molar-refractivity contribution >= 4 is 21.9 Å². The average Bonchev–Trinajstić information content (AvgIpc) is 1.82. The lowest BCUT2D eigenvalue weighted by atomic mass is 10.1. The van der Waals surface area contributed by atoms with Gasteiger partial charge in [0.05, 0.1) is 6.42 Å². The molecule has 2 N–H and O–H groups in total. The predicted molar refractivity (Wildman–Crippen MR) is 36.6 cm³/mol. The molecule has 0 rings (SSSR count). The number of halogens is 1. The van der Waals surface area contributed by atoms with E-state index in [0.717, 1.165) is 0 Å². The zero-order chi connectivity index (χ0) is 7.28. The van der Waals surface area contributed by atoms with Crippen molar-refractivity contribution in [1.29, 1.82) is 0 Å². The van der Waals surface area contributed by atoms with Gasteiger partial charge in [-0.1, -0.05) is 15.9 Å². The van der Waals surface area contributed by atoms with Crippen molar-refractivity contribution in [2.75, 3.05) is 11.9 Å². The SMILES string of the molecule is O=C(O)C[C@@H](CO)CBr. The number of rotatable bonds is 4. The molecule has 4 heteroatoms. The maximum absolute atomic E-state index is 10.00.